The second-order valence-corrected chi connectivity index (χ2v) is 10.9. The number of H-pyrrole nitrogens is 1. The highest BCUT2D eigenvalue weighted by atomic mass is 32.2. The van der Waals surface area contributed by atoms with E-state index in [2.05, 4.69) is 4.98 Å². The summed E-state index contributed by atoms with van der Waals surface area (Å²) in [5.41, 5.74) is 2.66. The zero-order valence-corrected chi connectivity index (χ0v) is 20.6. The van der Waals surface area contributed by atoms with Crippen LogP contribution >= 0.6 is 11.3 Å². The highest BCUT2D eigenvalue weighted by Crippen LogP contribution is 2.26. The Labute approximate surface area is 201 Å². The third kappa shape index (κ3) is 4.54. The van der Waals surface area contributed by atoms with Gasteiger partial charge in [0.1, 0.15) is 0 Å². The number of esters is 1. The molecule has 0 spiro atoms. The van der Waals surface area contributed by atoms with Gasteiger partial charge in [0.05, 0.1) is 23.1 Å². The maximum Gasteiger partial charge on any atom is 0.339 e. The summed E-state index contributed by atoms with van der Waals surface area (Å²) in [4.78, 5) is 28.8. The standard InChI is InChI=1S/C25H24N2O5S2/c1-16-10-11-18-13-19(24(28)26-23(18)17(16)2)14-27(15-20-7-6-12-33-20)34(30,31)22-9-5-4-8-21(22)25(29)32-3/h4-13H,14-15H2,1-3H3,(H,26,28). The Bertz CT molecular complexity index is 1520. The molecule has 1 N–H and O–H groups in total. The Morgan fingerprint density at radius 2 is 1.82 bits per heavy atom. The van der Waals surface area contributed by atoms with E-state index in [4.69, 9.17) is 4.74 Å². The zero-order chi connectivity index (χ0) is 24.5. The van der Waals surface area contributed by atoms with Crippen LogP contribution in [0.1, 0.15) is 31.9 Å². The molecule has 9 heteroatoms. The van der Waals surface area contributed by atoms with E-state index < -0.39 is 16.0 Å². The van der Waals surface area contributed by atoms with Gasteiger partial charge >= 0.3 is 5.97 Å². The van der Waals surface area contributed by atoms with Crippen LogP contribution in [-0.2, 0) is 27.8 Å². The topological polar surface area (TPSA) is 96.5 Å². The number of aryl methyl sites for hydroxylation is 2. The van der Waals surface area contributed by atoms with Crippen molar-refractivity contribution in [2.24, 2.45) is 0 Å². The predicted octanol–water partition coefficient (Wildman–Crippen LogP) is 4.38. The molecule has 2 aromatic carbocycles. The second-order valence-electron chi connectivity index (χ2n) is 7.94. The van der Waals surface area contributed by atoms with Gasteiger partial charge in [0.25, 0.3) is 5.56 Å². The van der Waals surface area contributed by atoms with Gasteiger partial charge in [-0.05, 0) is 60.0 Å². The molecule has 0 bridgehead atoms. The number of ether oxygens (including phenoxy) is 1. The molecule has 0 unspecified atom stereocenters. The minimum absolute atomic E-state index is 0.0555. The Kier molecular flexibility index (Phi) is 6.70. The van der Waals surface area contributed by atoms with Crippen LogP contribution in [0.4, 0.5) is 0 Å². The maximum absolute atomic E-state index is 13.8. The molecule has 2 aromatic heterocycles. The largest absolute Gasteiger partial charge is 0.465 e. The van der Waals surface area contributed by atoms with Gasteiger partial charge in [-0.15, -0.1) is 11.3 Å². The molecule has 0 amide bonds. The number of methoxy groups -OCH3 is 1. The van der Waals surface area contributed by atoms with Crippen molar-refractivity contribution in [3.63, 3.8) is 0 Å². The van der Waals surface area contributed by atoms with E-state index in [9.17, 15) is 18.0 Å². The van der Waals surface area contributed by atoms with Gasteiger partial charge in [0.2, 0.25) is 10.0 Å². The number of fused-ring (bicyclic) bond motifs is 1. The number of pyridine rings is 1. The van der Waals surface area contributed by atoms with Crippen molar-refractivity contribution in [1.82, 2.24) is 9.29 Å². The van der Waals surface area contributed by atoms with Crippen molar-refractivity contribution in [3.8, 4) is 0 Å². The van der Waals surface area contributed by atoms with Crippen LogP contribution in [0.25, 0.3) is 10.9 Å². The highest BCUT2D eigenvalue weighted by molar-refractivity contribution is 7.89. The van der Waals surface area contributed by atoms with Gasteiger partial charge in [-0.3, -0.25) is 4.79 Å². The maximum atomic E-state index is 13.8. The lowest BCUT2D eigenvalue weighted by molar-refractivity contribution is 0.0596. The number of thiophene rings is 1. The number of aromatic amines is 1. The molecule has 4 aromatic rings. The number of carbonyl (C=O) groups is 1. The number of hydrogen-bond acceptors (Lipinski definition) is 6. The van der Waals surface area contributed by atoms with Crippen molar-refractivity contribution in [3.05, 3.63) is 97.5 Å². The molecule has 0 fully saturated rings. The fraction of sp³-hybridized carbons (Fsp3) is 0.200. The molecule has 0 aliphatic carbocycles. The molecule has 0 aliphatic rings. The number of carbonyl (C=O) groups excluding carboxylic acids is 1. The van der Waals surface area contributed by atoms with Crippen LogP contribution in [-0.4, -0.2) is 30.8 Å². The van der Waals surface area contributed by atoms with Crippen LogP contribution in [0.5, 0.6) is 0 Å². The van der Waals surface area contributed by atoms with Crippen molar-refractivity contribution < 1.29 is 17.9 Å². The van der Waals surface area contributed by atoms with E-state index in [0.717, 1.165) is 26.9 Å². The summed E-state index contributed by atoms with van der Waals surface area (Å²) in [5.74, 6) is -0.746. The van der Waals surface area contributed by atoms with Crippen LogP contribution < -0.4 is 5.56 Å². The van der Waals surface area contributed by atoms with Crippen molar-refractivity contribution >= 4 is 38.2 Å². The summed E-state index contributed by atoms with van der Waals surface area (Å²) in [6.45, 7) is 3.80. The summed E-state index contributed by atoms with van der Waals surface area (Å²) in [6, 6.07) is 15.2. The van der Waals surface area contributed by atoms with Gasteiger partial charge in [-0.25, -0.2) is 13.2 Å². The first-order valence-corrected chi connectivity index (χ1v) is 12.9. The summed E-state index contributed by atoms with van der Waals surface area (Å²) < 4.78 is 33.6. The lowest BCUT2D eigenvalue weighted by Crippen LogP contribution is -2.33. The number of aromatic nitrogens is 1. The molecule has 7 nitrogen and oxygen atoms in total. The average molecular weight is 497 g/mol. The first kappa shape index (κ1) is 23.9. The number of nitrogens with zero attached hydrogens (tertiary/aromatic N) is 1. The Morgan fingerprint density at radius 3 is 2.53 bits per heavy atom. The molecule has 34 heavy (non-hydrogen) atoms. The summed E-state index contributed by atoms with van der Waals surface area (Å²) >= 11 is 1.41. The molecule has 0 saturated carbocycles. The number of nitrogens with one attached hydrogen (secondary N) is 1. The zero-order valence-electron chi connectivity index (χ0n) is 19.0. The van der Waals surface area contributed by atoms with E-state index in [1.807, 2.05) is 43.5 Å². The second kappa shape index (κ2) is 9.54. The molecule has 2 heterocycles. The molecule has 0 saturated heterocycles. The molecule has 176 valence electrons. The van der Waals surface area contributed by atoms with Crippen molar-refractivity contribution in [2.45, 2.75) is 31.8 Å². The van der Waals surface area contributed by atoms with E-state index in [1.54, 1.807) is 18.2 Å². The van der Waals surface area contributed by atoms with E-state index in [0.29, 0.717) is 5.56 Å². The lowest BCUT2D eigenvalue weighted by atomic mass is 10.0. The van der Waals surface area contributed by atoms with Gasteiger partial charge in [-0.1, -0.05) is 30.3 Å². The molecule has 0 aliphatic heterocycles. The third-order valence-electron chi connectivity index (χ3n) is 5.80. The van der Waals surface area contributed by atoms with Gasteiger partial charge in [0.15, 0.2) is 0 Å². The Morgan fingerprint density at radius 1 is 1.06 bits per heavy atom. The van der Waals surface area contributed by atoms with Crippen LogP contribution in [0, 0.1) is 13.8 Å². The van der Waals surface area contributed by atoms with Gasteiger partial charge in [-0.2, -0.15) is 4.31 Å². The van der Waals surface area contributed by atoms with Crippen molar-refractivity contribution in [1.29, 1.82) is 0 Å². The Balaban J connectivity index is 1.82. The van der Waals surface area contributed by atoms with E-state index in [1.165, 1.54) is 34.9 Å². The van der Waals surface area contributed by atoms with Crippen molar-refractivity contribution in [2.75, 3.05) is 7.11 Å². The lowest BCUT2D eigenvalue weighted by Gasteiger charge is -2.23. The summed E-state index contributed by atoms with van der Waals surface area (Å²) in [7, 11) is -2.96. The highest BCUT2D eigenvalue weighted by Gasteiger charge is 2.30. The smallest absolute Gasteiger partial charge is 0.339 e. The number of sulfonamides is 1. The van der Waals surface area contributed by atoms with E-state index in [-0.39, 0.29) is 29.1 Å². The third-order valence-corrected chi connectivity index (χ3v) is 8.51. The molecule has 0 atom stereocenters. The summed E-state index contributed by atoms with van der Waals surface area (Å²) in [5, 5.41) is 2.68. The number of benzene rings is 2. The normalized spacial score (nSPS) is 11.8. The molecular formula is C25H24N2O5S2. The predicted molar refractivity (Wildman–Crippen MR) is 133 cm³/mol. The Hall–Kier alpha value is -3.27. The number of rotatable bonds is 7. The first-order chi connectivity index (χ1) is 16.2. The molecule has 4 rings (SSSR count). The fourth-order valence-corrected chi connectivity index (χ4v) is 6.17. The van der Waals surface area contributed by atoms with Crippen LogP contribution in [0.3, 0.4) is 0 Å². The fourth-order valence-electron chi connectivity index (χ4n) is 3.79. The summed E-state index contributed by atoms with van der Waals surface area (Å²) in [6.07, 6.45) is 0. The van der Waals surface area contributed by atoms with Gasteiger partial charge in [0, 0.05) is 23.5 Å². The van der Waals surface area contributed by atoms with Crippen LogP contribution in [0.2, 0.25) is 0 Å². The minimum Gasteiger partial charge on any atom is -0.465 e. The van der Waals surface area contributed by atoms with Gasteiger partial charge < -0.3 is 9.72 Å². The van der Waals surface area contributed by atoms with Crippen LogP contribution in [0.15, 0.2) is 69.7 Å². The molecule has 0 radical (unpaired) electrons. The first-order valence-electron chi connectivity index (χ1n) is 10.5. The SMILES string of the molecule is COC(=O)c1ccccc1S(=O)(=O)N(Cc1cccs1)Cc1cc2ccc(C)c(C)c2[nH]c1=O. The minimum atomic E-state index is -4.16. The van der Waals surface area contributed by atoms with E-state index >= 15 is 0 Å². The monoisotopic (exact) mass is 496 g/mol. The molecular weight excluding hydrogens is 472 g/mol. The average Bonchev–Trinajstić information content (AvgIpc) is 3.35. The number of hydrogen-bond donors (Lipinski definition) is 1. The quantitative estimate of drug-likeness (QED) is 0.383.